The average Bonchev–Trinajstić information content (AvgIpc) is 2.86. The molecule has 0 saturated carbocycles. The van der Waals surface area contributed by atoms with Gasteiger partial charge in [0.1, 0.15) is 6.04 Å². The van der Waals surface area contributed by atoms with Gasteiger partial charge in [0.15, 0.2) is 0 Å². The number of likely N-dealkylation sites (N-methyl/N-ethyl adjacent to an activating group) is 1. The van der Waals surface area contributed by atoms with E-state index in [4.69, 9.17) is 0 Å². The van der Waals surface area contributed by atoms with Gasteiger partial charge in [-0.05, 0) is 37.5 Å². The number of nitrogens with zero attached hydrogens (tertiary/aromatic N) is 1. The number of benzene rings is 1. The van der Waals surface area contributed by atoms with Crippen molar-refractivity contribution < 1.29 is 9.90 Å². The van der Waals surface area contributed by atoms with Crippen LogP contribution in [-0.4, -0.2) is 30.6 Å². The molecule has 5 heteroatoms. The molecule has 1 aromatic carbocycles. The second-order valence-electron chi connectivity index (χ2n) is 4.85. The van der Waals surface area contributed by atoms with Gasteiger partial charge in [0.2, 0.25) is 5.91 Å². The number of hydrogen-bond donors (Lipinski definition) is 2. The summed E-state index contributed by atoms with van der Waals surface area (Å²) >= 11 is 3.48. The van der Waals surface area contributed by atoms with E-state index in [-0.39, 0.29) is 11.9 Å². The molecule has 1 fully saturated rings. The van der Waals surface area contributed by atoms with Crippen LogP contribution in [0.2, 0.25) is 0 Å². The zero-order chi connectivity index (χ0) is 14.0. The number of nitrogens with one attached hydrogen (secondary N) is 1. The second-order valence-corrected chi connectivity index (χ2v) is 5.70. The normalized spacial score (nSPS) is 20.4. The van der Waals surface area contributed by atoms with Gasteiger partial charge in [0.05, 0.1) is 6.10 Å². The Bertz CT molecular complexity index is 477. The lowest BCUT2D eigenvalue weighted by atomic mass is 10.1. The quantitative estimate of drug-likeness (QED) is 0.895. The number of rotatable bonds is 3. The molecule has 1 heterocycles. The van der Waals surface area contributed by atoms with E-state index < -0.39 is 6.10 Å². The van der Waals surface area contributed by atoms with Crippen molar-refractivity contribution in [2.24, 2.45) is 0 Å². The van der Waals surface area contributed by atoms with Crippen molar-refractivity contribution in [1.29, 1.82) is 0 Å². The summed E-state index contributed by atoms with van der Waals surface area (Å²) < 4.78 is 0.877. The van der Waals surface area contributed by atoms with Gasteiger partial charge in [-0.1, -0.05) is 22.0 Å². The van der Waals surface area contributed by atoms with Crippen LogP contribution in [0.25, 0.3) is 0 Å². The molecular formula is C14H19BrN2O2. The summed E-state index contributed by atoms with van der Waals surface area (Å²) in [5.41, 5.74) is 1.88. The average molecular weight is 327 g/mol. The number of carbonyl (C=O) groups is 1. The van der Waals surface area contributed by atoms with Gasteiger partial charge in [-0.15, -0.1) is 0 Å². The minimum absolute atomic E-state index is 0.0632. The molecule has 4 nitrogen and oxygen atoms in total. The SMILES string of the molecule is CNC(=O)C1CCCN1c1ccc([C@@H](C)O)c(Br)c1. The molecule has 0 bridgehead atoms. The summed E-state index contributed by atoms with van der Waals surface area (Å²) in [6.07, 6.45) is 1.40. The van der Waals surface area contributed by atoms with Crippen LogP contribution in [0, 0.1) is 0 Å². The maximum Gasteiger partial charge on any atom is 0.242 e. The van der Waals surface area contributed by atoms with Crippen LogP contribution in [-0.2, 0) is 4.79 Å². The predicted molar refractivity (Wildman–Crippen MR) is 79.2 cm³/mol. The predicted octanol–water partition coefficient (Wildman–Crippen LogP) is 2.22. The van der Waals surface area contributed by atoms with E-state index in [9.17, 15) is 9.90 Å². The first-order valence-corrected chi connectivity index (χ1v) is 7.29. The molecule has 2 rings (SSSR count). The summed E-state index contributed by atoms with van der Waals surface area (Å²) in [4.78, 5) is 14.0. The standard InChI is InChI=1S/C14H19BrN2O2/c1-9(18)11-6-5-10(8-12(11)15)17-7-3-4-13(17)14(19)16-2/h5-6,8-9,13,18H,3-4,7H2,1-2H3,(H,16,19)/t9-,13?/m1/s1. The molecule has 0 aliphatic carbocycles. The Morgan fingerprint density at radius 1 is 1.58 bits per heavy atom. The first-order chi connectivity index (χ1) is 9.04. The number of hydrogen-bond acceptors (Lipinski definition) is 3. The summed E-state index contributed by atoms with van der Waals surface area (Å²) in [5, 5.41) is 12.3. The molecule has 19 heavy (non-hydrogen) atoms. The van der Waals surface area contributed by atoms with Crippen molar-refractivity contribution in [1.82, 2.24) is 5.32 Å². The topological polar surface area (TPSA) is 52.6 Å². The monoisotopic (exact) mass is 326 g/mol. The Morgan fingerprint density at radius 3 is 2.89 bits per heavy atom. The van der Waals surface area contributed by atoms with Gasteiger partial charge < -0.3 is 15.3 Å². The lowest BCUT2D eigenvalue weighted by Gasteiger charge is -2.26. The summed E-state index contributed by atoms with van der Waals surface area (Å²) in [6.45, 7) is 2.63. The molecule has 0 radical (unpaired) electrons. The van der Waals surface area contributed by atoms with Crippen LogP contribution < -0.4 is 10.2 Å². The maximum atomic E-state index is 11.9. The van der Waals surface area contributed by atoms with Gasteiger partial charge in [-0.25, -0.2) is 0 Å². The number of anilines is 1. The van der Waals surface area contributed by atoms with Crippen molar-refractivity contribution in [2.45, 2.75) is 31.9 Å². The first-order valence-electron chi connectivity index (χ1n) is 6.50. The summed E-state index contributed by atoms with van der Waals surface area (Å²) in [7, 11) is 1.67. The Hall–Kier alpha value is -1.07. The Labute approximate surface area is 121 Å². The van der Waals surface area contributed by atoms with Crippen molar-refractivity contribution >= 4 is 27.5 Å². The lowest BCUT2D eigenvalue weighted by molar-refractivity contribution is -0.121. The van der Waals surface area contributed by atoms with E-state index in [1.807, 2.05) is 18.2 Å². The lowest BCUT2D eigenvalue weighted by Crippen LogP contribution is -2.42. The highest BCUT2D eigenvalue weighted by Gasteiger charge is 2.30. The largest absolute Gasteiger partial charge is 0.389 e. The van der Waals surface area contributed by atoms with Gasteiger partial charge in [-0.3, -0.25) is 4.79 Å². The molecule has 1 aromatic rings. The zero-order valence-electron chi connectivity index (χ0n) is 11.2. The smallest absolute Gasteiger partial charge is 0.242 e. The fourth-order valence-corrected chi connectivity index (χ4v) is 3.25. The van der Waals surface area contributed by atoms with Gasteiger partial charge >= 0.3 is 0 Å². The van der Waals surface area contributed by atoms with E-state index in [1.165, 1.54) is 0 Å². The first kappa shape index (κ1) is 14.3. The van der Waals surface area contributed by atoms with Gasteiger partial charge in [0.25, 0.3) is 0 Å². The fourth-order valence-electron chi connectivity index (χ4n) is 2.55. The third kappa shape index (κ3) is 2.92. The highest BCUT2D eigenvalue weighted by molar-refractivity contribution is 9.10. The van der Waals surface area contributed by atoms with Crippen LogP contribution in [0.15, 0.2) is 22.7 Å². The molecule has 2 atom stereocenters. The zero-order valence-corrected chi connectivity index (χ0v) is 12.8. The minimum atomic E-state index is -0.503. The third-order valence-corrected chi connectivity index (χ3v) is 4.25. The number of carbonyl (C=O) groups excluding carboxylic acids is 1. The van der Waals surface area contributed by atoms with Crippen molar-refractivity contribution in [3.05, 3.63) is 28.2 Å². The number of halogens is 1. The van der Waals surface area contributed by atoms with E-state index >= 15 is 0 Å². The molecule has 1 aliphatic rings. The molecule has 0 aromatic heterocycles. The molecule has 1 unspecified atom stereocenters. The van der Waals surface area contributed by atoms with Gasteiger partial charge in [-0.2, -0.15) is 0 Å². The minimum Gasteiger partial charge on any atom is -0.389 e. The Morgan fingerprint density at radius 2 is 2.32 bits per heavy atom. The molecular weight excluding hydrogens is 308 g/mol. The number of aliphatic hydroxyl groups excluding tert-OH is 1. The van der Waals surface area contributed by atoms with Crippen molar-refractivity contribution in [3.8, 4) is 0 Å². The number of aliphatic hydroxyl groups is 1. The molecule has 1 aliphatic heterocycles. The summed E-state index contributed by atoms with van der Waals surface area (Å²) in [6, 6.07) is 5.76. The molecule has 1 saturated heterocycles. The van der Waals surface area contributed by atoms with Crippen LogP contribution in [0.1, 0.15) is 31.4 Å². The second kappa shape index (κ2) is 5.92. The van der Waals surface area contributed by atoms with Gasteiger partial charge in [0, 0.05) is 23.8 Å². The Kier molecular flexibility index (Phi) is 4.47. The third-order valence-electron chi connectivity index (χ3n) is 3.57. The van der Waals surface area contributed by atoms with E-state index in [1.54, 1.807) is 14.0 Å². The molecule has 2 N–H and O–H groups in total. The highest BCUT2D eigenvalue weighted by Crippen LogP contribution is 2.31. The molecule has 104 valence electrons. The van der Waals surface area contributed by atoms with Crippen molar-refractivity contribution in [3.63, 3.8) is 0 Å². The fraction of sp³-hybridized carbons (Fsp3) is 0.500. The number of amides is 1. The van der Waals surface area contributed by atoms with Crippen LogP contribution in [0.5, 0.6) is 0 Å². The molecule has 1 amide bonds. The van der Waals surface area contributed by atoms with E-state index in [0.717, 1.165) is 35.1 Å². The van der Waals surface area contributed by atoms with Crippen molar-refractivity contribution in [2.75, 3.05) is 18.5 Å². The van der Waals surface area contributed by atoms with Crippen LogP contribution in [0.3, 0.4) is 0 Å². The summed E-state index contributed by atoms with van der Waals surface area (Å²) in [5.74, 6) is 0.0632. The van der Waals surface area contributed by atoms with Crippen LogP contribution in [0.4, 0.5) is 5.69 Å². The van der Waals surface area contributed by atoms with E-state index in [0.29, 0.717) is 0 Å². The highest BCUT2D eigenvalue weighted by atomic mass is 79.9. The Balaban J connectivity index is 2.26. The molecule has 0 spiro atoms. The van der Waals surface area contributed by atoms with Crippen LogP contribution >= 0.6 is 15.9 Å². The maximum absolute atomic E-state index is 11.9. The van der Waals surface area contributed by atoms with E-state index in [2.05, 4.69) is 26.1 Å².